The molecule has 4 nitrogen and oxygen atoms in total. The zero-order valence-corrected chi connectivity index (χ0v) is 10.2. The zero-order chi connectivity index (χ0) is 11.8. The van der Waals surface area contributed by atoms with Crippen molar-refractivity contribution in [3.63, 3.8) is 0 Å². The number of β-amino-alcohol motifs (C(OH)–C–C–N with tert-alkyl or cyclic N) is 1. The zero-order valence-electron chi connectivity index (χ0n) is 10.2. The molecule has 2 fully saturated rings. The molecule has 0 spiro atoms. The standard InChI is InChI=1S/C12H22N2O2/c1-3-12(2,16)8-14-7-6-10(11(14)15)13-9-4-5-9/h9-10,13,16H,3-8H2,1-2H3. The lowest BCUT2D eigenvalue weighted by molar-refractivity contribution is -0.132. The second-order valence-electron chi connectivity index (χ2n) is 5.39. The molecule has 1 aliphatic carbocycles. The molecule has 0 aromatic rings. The van der Waals surface area contributed by atoms with Gasteiger partial charge in [-0.15, -0.1) is 0 Å². The van der Waals surface area contributed by atoms with Crippen molar-refractivity contribution in [3.05, 3.63) is 0 Å². The largest absolute Gasteiger partial charge is 0.388 e. The van der Waals surface area contributed by atoms with Crippen LogP contribution in [0.1, 0.15) is 39.5 Å². The second-order valence-corrected chi connectivity index (χ2v) is 5.39. The molecule has 1 saturated carbocycles. The van der Waals surface area contributed by atoms with E-state index < -0.39 is 5.60 Å². The maximum Gasteiger partial charge on any atom is 0.239 e. The Morgan fingerprint density at radius 2 is 2.19 bits per heavy atom. The van der Waals surface area contributed by atoms with E-state index in [1.807, 2.05) is 6.92 Å². The third-order valence-corrected chi connectivity index (χ3v) is 3.60. The number of aliphatic hydroxyl groups is 1. The van der Waals surface area contributed by atoms with Crippen LogP contribution in [-0.2, 0) is 4.79 Å². The molecule has 0 bridgehead atoms. The first-order valence-electron chi connectivity index (χ1n) is 6.29. The fourth-order valence-corrected chi connectivity index (χ4v) is 2.11. The highest BCUT2D eigenvalue weighted by Gasteiger charge is 2.37. The van der Waals surface area contributed by atoms with E-state index in [2.05, 4.69) is 5.32 Å². The predicted octanol–water partition coefficient (Wildman–Crippen LogP) is 0.500. The summed E-state index contributed by atoms with van der Waals surface area (Å²) in [6.07, 6.45) is 3.97. The van der Waals surface area contributed by atoms with Crippen LogP contribution in [0.15, 0.2) is 0 Å². The Labute approximate surface area is 97.0 Å². The summed E-state index contributed by atoms with van der Waals surface area (Å²) in [6, 6.07) is 0.570. The van der Waals surface area contributed by atoms with Gasteiger partial charge in [-0.3, -0.25) is 4.79 Å². The number of hydrogen-bond donors (Lipinski definition) is 2. The quantitative estimate of drug-likeness (QED) is 0.718. The van der Waals surface area contributed by atoms with Crippen molar-refractivity contribution in [1.29, 1.82) is 0 Å². The van der Waals surface area contributed by atoms with Gasteiger partial charge >= 0.3 is 0 Å². The van der Waals surface area contributed by atoms with E-state index in [0.717, 1.165) is 13.0 Å². The van der Waals surface area contributed by atoms with Crippen LogP contribution in [0.3, 0.4) is 0 Å². The van der Waals surface area contributed by atoms with Crippen LogP contribution in [0.25, 0.3) is 0 Å². The van der Waals surface area contributed by atoms with Crippen molar-refractivity contribution < 1.29 is 9.90 Å². The molecule has 1 amide bonds. The van der Waals surface area contributed by atoms with Crippen molar-refractivity contribution in [3.8, 4) is 0 Å². The molecule has 2 N–H and O–H groups in total. The van der Waals surface area contributed by atoms with E-state index in [-0.39, 0.29) is 11.9 Å². The highest BCUT2D eigenvalue weighted by molar-refractivity contribution is 5.84. The summed E-state index contributed by atoms with van der Waals surface area (Å²) >= 11 is 0. The van der Waals surface area contributed by atoms with E-state index in [0.29, 0.717) is 19.0 Å². The average molecular weight is 226 g/mol. The maximum absolute atomic E-state index is 12.0. The van der Waals surface area contributed by atoms with Crippen molar-refractivity contribution in [2.24, 2.45) is 0 Å². The van der Waals surface area contributed by atoms with Gasteiger partial charge in [0.2, 0.25) is 5.91 Å². The van der Waals surface area contributed by atoms with Gasteiger partial charge in [-0.25, -0.2) is 0 Å². The third kappa shape index (κ3) is 2.74. The van der Waals surface area contributed by atoms with Gasteiger partial charge < -0.3 is 15.3 Å². The van der Waals surface area contributed by atoms with Crippen molar-refractivity contribution >= 4 is 5.91 Å². The Balaban J connectivity index is 1.85. The van der Waals surface area contributed by atoms with Crippen LogP contribution in [-0.4, -0.2) is 46.7 Å². The molecule has 0 radical (unpaired) electrons. The minimum Gasteiger partial charge on any atom is -0.388 e. The van der Waals surface area contributed by atoms with E-state index in [1.54, 1.807) is 11.8 Å². The summed E-state index contributed by atoms with van der Waals surface area (Å²) in [7, 11) is 0. The van der Waals surface area contributed by atoms with E-state index in [4.69, 9.17) is 0 Å². The first-order chi connectivity index (χ1) is 7.52. The minimum atomic E-state index is -0.746. The highest BCUT2D eigenvalue weighted by atomic mass is 16.3. The predicted molar refractivity (Wildman–Crippen MR) is 62.1 cm³/mol. The molecular formula is C12H22N2O2. The Morgan fingerprint density at radius 1 is 1.50 bits per heavy atom. The van der Waals surface area contributed by atoms with Crippen LogP contribution in [0.5, 0.6) is 0 Å². The molecule has 2 unspecified atom stereocenters. The van der Waals surface area contributed by atoms with Crippen LogP contribution in [0.4, 0.5) is 0 Å². The number of hydrogen-bond acceptors (Lipinski definition) is 3. The molecule has 16 heavy (non-hydrogen) atoms. The van der Waals surface area contributed by atoms with Gasteiger partial charge in [0, 0.05) is 19.1 Å². The molecule has 2 atom stereocenters. The molecule has 92 valence electrons. The minimum absolute atomic E-state index is 0.000145. The van der Waals surface area contributed by atoms with Gasteiger partial charge in [-0.1, -0.05) is 6.92 Å². The number of carbonyl (C=O) groups excluding carboxylic acids is 1. The lowest BCUT2D eigenvalue weighted by Gasteiger charge is -2.28. The normalized spacial score (nSPS) is 29.6. The Kier molecular flexibility index (Phi) is 3.22. The summed E-state index contributed by atoms with van der Waals surface area (Å²) < 4.78 is 0. The molecule has 4 heteroatoms. The van der Waals surface area contributed by atoms with Gasteiger partial charge in [0.15, 0.2) is 0 Å². The molecule has 1 aliphatic heterocycles. The summed E-state index contributed by atoms with van der Waals surface area (Å²) in [5.41, 5.74) is -0.746. The molecule has 1 heterocycles. The fraction of sp³-hybridized carbons (Fsp3) is 0.917. The van der Waals surface area contributed by atoms with Gasteiger partial charge in [0.25, 0.3) is 0 Å². The van der Waals surface area contributed by atoms with Crippen molar-refractivity contribution in [1.82, 2.24) is 10.2 Å². The highest BCUT2D eigenvalue weighted by Crippen LogP contribution is 2.23. The lowest BCUT2D eigenvalue weighted by Crippen LogP contribution is -2.45. The molecule has 2 aliphatic rings. The first-order valence-corrected chi connectivity index (χ1v) is 6.29. The number of nitrogens with zero attached hydrogens (tertiary/aromatic N) is 1. The number of rotatable bonds is 5. The summed E-state index contributed by atoms with van der Waals surface area (Å²) in [5.74, 6) is 0.167. The lowest BCUT2D eigenvalue weighted by atomic mass is 10.0. The van der Waals surface area contributed by atoms with Gasteiger partial charge in [-0.05, 0) is 32.6 Å². The number of carbonyl (C=O) groups is 1. The summed E-state index contributed by atoms with van der Waals surface area (Å²) in [6.45, 7) is 4.98. The van der Waals surface area contributed by atoms with Crippen LogP contribution in [0, 0.1) is 0 Å². The SMILES string of the molecule is CCC(C)(O)CN1CCC(NC2CC2)C1=O. The topological polar surface area (TPSA) is 52.6 Å². The fourth-order valence-electron chi connectivity index (χ4n) is 2.11. The average Bonchev–Trinajstić information content (AvgIpc) is 2.99. The van der Waals surface area contributed by atoms with E-state index in [9.17, 15) is 9.90 Å². The third-order valence-electron chi connectivity index (χ3n) is 3.60. The number of amides is 1. The molecule has 2 rings (SSSR count). The van der Waals surface area contributed by atoms with Crippen LogP contribution >= 0.6 is 0 Å². The number of nitrogens with one attached hydrogen (secondary N) is 1. The second kappa shape index (κ2) is 4.34. The smallest absolute Gasteiger partial charge is 0.239 e. The van der Waals surface area contributed by atoms with Gasteiger partial charge in [-0.2, -0.15) is 0 Å². The summed E-state index contributed by atoms with van der Waals surface area (Å²) in [5, 5.41) is 13.3. The Morgan fingerprint density at radius 3 is 2.75 bits per heavy atom. The summed E-state index contributed by atoms with van der Waals surface area (Å²) in [4.78, 5) is 13.8. The molecular weight excluding hydrogens is 204 g/mol. The maximum atomic E-state index is 12.0. The number of likely N-dealkylation sites (tertiary alicyclic amines) is 1. The Bertz CT molecular complexity index is 274. The monoisotopic (exact) mass is 226 g/mol. The first kappa shape index (κ1) is 11.9. The van der Waals surface area contributed by atoms with Gasteiger partial charge in [0.1, 0.15) is 0 Å². The van der Waals surface area contributed by atoms with Crippen LogP contribution in [0.2, 0.25) is 0 Å². The molecule has 0 aromatic heterocycles. The Hall–Kier alpha value is -0.610. The van der Waals surface area contributed by atoms with E-state index in [1.165, 1.54) is 12.8 Å². The van der Waals surface area contributed by atoms with Crippen molar-refractivity contribution in [2.45, 2.75) is 57.2 Å². The van der Waals surface area contributed by atoms with Crippen molar-refractivity contribution in [2.75, 3.05) is 13.1 Å². The molecule has 0 aromatic carbocycles. The van der Waals surface area contributed by atoms with E-state index >= 15 is 0 Å². The van der Waals surface area contributed by atoms with Crippen LogP contribution < -0.4 is 5.32 Å². The molecule has 1 saturated heterocycles. The van der Waals surface area contributed by atoms with Gasteiger partial charge in [0.05, 0.1) is 11.6 Å².